The first-order valence-corrected chi connectivity index (χ1v) is 3.77. The molecule has 1 N–H and O–H groups in total. The second-order valence-corrected chi connectivity index (χ2v) is 2.80. The van der Waals surface area contributed by atoms with Gasteiger partial charge in [-0.05, 0) is 13.1 Å². The highest BCUT2D eigenvalue weighted by atomic mass is 35.5. The molecule has 1 atom stereocenters. The molecule has 0 spiro atoms. The fraction of sp³-hybridized carbons (Fsp3) is 0.571. The van der Waals surface area contributed by atoms with E-state index in [9.17, 15) is 0 Å². The van der Waals surface area contributed by atoms with Crippen molar-refractivity contribution >= 4 is 17.3 Å². The minimum atomic E-state index is 0.0978. The van der Waals surface area contributed by atoms with Crippen LogP contribution in [0.4, 0.5) is 0 Å². The van der Waals surface area contributed by atoms with Crippen LogP contribution in [0.5, 0.6) is 0 Å². The minimum absolute atomic E-state index is 0.0978. The molecule has 0 bridgehead atoms. The predicted molar refractivity (Wildman–Crippen MR) is 45.0 cm³/mol. The number of nitrogens with one attached hydrogen (secondary N) is 1. The van der Waals surface area contributed by atoms with Crippen molar-refractivity contribution in [3.05, 3.63) is 12.2 Å². The molecule has 0 saturated heterocycles. The summed E-state index contributed by atoms with van der Waals surface area (Å²) in [6, 6.07) is 0. The number of halogens is 1. The van der Waals surface area contributed by atoms with Gasteiger partial charge in [-0.3, -0.25) is 4.99 Å². The largest absolute Gasteiger partial charge is 0.314 e. The Labute approximate surface area is 66.0 Å². The highest BCUT2D eigenvalue weighted by molar-refractivity contribution is 6.22. The van der Waals surface area contributed by atoms with E-state index in [0.717, 1.165) is 18.8 Å². The highest BCUT2D eigenvalue weighted by Crippen LogP contribution is 2.03. The Morgan fingerprint density at radius 3 is 3.20 bits per heavy atom. The third-order valence-corrected chi connectivity index (χ3v) is 1.61. The first-order valence-electron chi connectivity index (χ1n) is 3.33. The Balaban J connectivity index is 2.42. The van der Waals surface area contributed by atoms with Crippen LogP contribution >= 0.6 is 11.6 Å². The lowest BCUT2D eigenvalue weighted by Gasteiger charge is -2.08. The molecule has 1 unspecified atom stereocenters. The molecule has 0 aromatic heterocycles. The van der Waals surface area contributed by atoms with Crippen molar-refractivity contribution in [2.75, 3.05) is 20.1 Å². The Morgan fingerprint density at radius 2 is 2.70 bits per heavy atom. The summed E-state index contributed by atoms with van der Waals surface area (Å²) in [5.41, 5.74) is 1.08. The quantitative estimate of drug-likeness (QED) is 0.592. The maximum absolute atomic E-state index is 5.77. The topological polar surface area (TPSA) is 24.4 Å². The van der Waals surface area contributed by atoms with E-state index in [2.05, 4.69) is 10.3 Å². The second-order valence-electron chi connectivity index (χ2n) is 2.24. The molecule has 0 amide bonds. The molecular weight excluding hydrogens is 148 g/mol. The second kappa shape index (κ2) is 3.74. The number of alkyl halides is 1. The van der Waals surface area contributed by atoms with Gasteiger partial charge in [0.25, 0.3) is 0 Å². The molecule has 56 valence electrons. The monoisotopic (exact) mass is 158 g/mol. The van der Waals surface area contributed by atoms with E-state index in [1.807, 2.05) is 19.2 Å². The molecule has 1 rings (SSSR count). The van der Waals surface area contributed by atoms with Crippen LogP contribution in [0.2, 0.25) is 0 Å². The Kier molecular flexibility index (Phi) is 2.90. The van der Waals surface area contributed by atoms with E-state index in [-0.39, 0.29) is 5.38 Å². The molecule has 3 heteroatoms. The minimum Gasteiger partial charge on any atom is -0.314 e. The molecule has 0 aliphatic carbocycles. The zero-order valence-electron chi connectivity index (χ0n) is 5.97. The van der Waals surface area contributed by atoms with Crippen LogP contribution in [0.3, 0.4) is 0 Å². The van der Waals surface area contributed by atoms with Crippen molar-refractivity contribution in [1.82, 2.24) is 5.32 Å². The number of aliphatic imine (C=N–C) groups is 1. The van der Waals surface area contributed by atoms with Gasteiger partial charge in [0.1, 0.15) is 0 Å². The molecule has 1 aliphatic heterocycles. The molecule has 10 heavy (non-hydrogen) atoms. The lowest BCUT2D eigenvalue weighted by molar-refractivity contribution is 0.920. The van der Waals surface area contributed by atoms with Crippen LogP contribution < -0.4 is 5.32 Å². The van der Waals surface area contributed by atoms with Gasteiger partial charge < -0.3 is 5.32 Å². The first kappa shape index (κ1) is 7.76. The fourth-order valence-corrected chi connectivity index (χ4v) is 0.971. The van der Waals surface area contributed by atoms with Crippen molar-refractivity contribution < 1.29 is 0 Å². The van der Waals surface area contributed by atoms with Gasteiger partial charge in [-0.25, -0.2) is 0 Å². The number of dihydropyridines is 1. The summed E-state index contributed by atoms with van der Waals surface area (Å²) < 4.78 is 0. The van der Waals surface area contributed by atoms with Gasteiger partial charge in [0, 0.05) is 12.3 Å². The first-order chi connectivity index (χ1) is 4.83. The standard InChI is InChI=1S/C7H11ClN2/c1-9-5-7-3-2-6(8)4-10-7/h2-3,6,9H,4-5H2,1H3. The van der Waals surface area contributed by atoms with Crippen molar-refractivity contribution in [2.45, 2.75) is 5.38 Å². The molecule has 0 radical (unpaired) electrons. The van der Waals surface area contributed by atoms with Crippen molar-refractivity contribution in [1.29, 1.82) is 0 Å². The number of nitrogens with zero attached hydrogens (tertiary/aromatic N) is 1. The lowest BCUT2D eigenvalue weighted by Crippen LogP contribution is -2.20. The van der Waals surface area contributed by atoms with Gasteiger partial charge in [-0.1, -0.05) is 6.08 Å². The van der Waals surface area contributed by atoms with Gasteiger partial charge >= 0.3 is 0 Å². The molecule has 2 nitrogen and oxygen atoms in total. The molecular formula is C7H11ClN2. The van der Waals surface area contributed by atoms with Crippen molar-refractivity contribution in [3.63, 3.8) is 0 Å². The SMILES string of the molecule is CNCC1=NCC(Cl)C=C1. The van der Waals surface area contributed by atoms with E-state index in [4.69, 9.17) is 11.6 Å². The van der Waals surface area contributed by atoms with Crippen LogP contribution in [0, 0.1) is 0 Å². The van der Waals surface area contributed by atoms with Gasteiger partial charge in [-0.2, -0.15) is 0 Å². The molecule has 0 aromatic carbocycles. The van der Waals surface area contributed by atoms with E-state index in [1.54, 1.807) is 0 Å². The average molecular weight is 159 g/mol. The zero-order valence-corrected chi connectivity index (χ0v) is 6.73. The van der Waals surface area contributed by atoms with Gasteiger partial charge in [0.05, 0.1) is 11.9 Å². The van der Waals surface area contributed by atoms with Crippen molar-refractivity contribution in [3.8, 4) is 0 Å². The summed E-state index contributed by atoms with van der Waals surface area (Å²) in [6.07, 6.45) is 3.94. The van der Waals surface area contributed by atoms with Gasteiger partial charge in [-0.15, -0.1) is 11.6 Å². The van der Waals surface area contributed by atoms with Crippen LogP contribution in [-0.2, 0) is 0 Å². The zero-order chi connectivity index (χ0) is 7.40. The van der Waals surface area contributed by atoms with Crippen LogP contribution in [0.1, 0.15) is 0 Å². The molecule has 0 aromatic rings. The Morgan fingerprint density at radius 1 is 1.90 bits per heavy atom. The van der Waals surface area contributed by atoms with Crippen LogP contribution in [0.25, 0.3) is 0 Å². The summed E-state index contributed by atoms with van der Waals surface area (Å²) in [7, 11) is 1.91. The highest BCUT2D eigenvalue weighted by Gasteiger charge is 2.04. The van der Waals surface area contributed by atoms with E-state index >= 15 is 0 Å². The third kappa shape index (κ3) is 2.12. The molecule has 1 aliphatic rings. The Bertz CT molecular complexity index is 163. The van der Waals surface area contributed by atoms with Crippen LogP contribution in [-0.4, -0.2) is 31.2 Å². The summed E-state index contributed by atoms with van der Waals surface area (Å²) in [4.78, 5) is 4.24. The summed E-state index contributed by atoms with van der Waals surface area (Å²) in [5.74, 6) is 0. The third-order valence-electron chi connectivity index (χ3n) is 1.32. The summed E-state index contributed by atoms with van der Waals surface area (Å²) in [6.45, 7) is 1.55. The van der Waals surface area contributed by atoms with E-state index in [1.165, 1.54) is 0 Å². The fourth-order valence-electron chi connectivity index (χ4n) is 0.829. The van der Waals surface area contributed by atoms with Gasteiger partial charge in [0.15, 0.2) is 0 Å². The number of hydrogen-bond donors (Lipinski definition) is 1. The van der Waals surface area contributed by atoms with Crippen molar-refractivity contribution in [2.24, 2.45) is 4.99 Å². The van der Waals surface area contributed by atoms with Crippen LogP contribution in [0.15, 0.2) is 17.1 Å². The maximum Gasteiger partial charge on any atom is 0.0715 e. The number of hydrogen-bond acceptors (Lipinski definition) is 2. The average Bonchev–Trinajstić information content (AvgIpc) is 1.95. The van der Waals surface area contributed by atoms with E-state index in [0.29, 0.717) is 0 Å². The predicted octanol–water partition coefficient (Wildman–Crippen LogP) is 0.824. The Hall–Kier alpha value is -0.340. The lowest BCUT2D eigenvalue weighted by atomic mass is 10.2. The summed E-state index contributed by atoms with van der Waals surface area (Å²) >= 11 is 5.77. The van der Waals surface area contributed by atoms with Gasteiger partial charge in [0.2, 0.25) is 0 Å². The maximum atomic E-state index is 5.77. The normalized spacial score (nSPS) is 24.6. The molecule has 1 heterocycles. The molecule has 0 fully saturated rings. The van der Waals surface area contributed by atoms with E-state index < -0.39 is 0 Å². The number of rotatable bonds is 2. The molecule has 0 saturated carbocycles. The smallest absolute Gasteiger partial charge is 0.0715 e. The summed E-state index contributed by atoms with van der Waals surface area (Å²) in [5, 5.41) is 3.12.